The molecular formula is C10H8ClF3N2O2. The molecule has 1 aromatic rings. The van der Waals surface area contributed by atoms with Crippen LogP contribution in [0.15, 0.2) is 18.2 Å². The van der Waals surface area contributed by atoms with Gasteiger partial charge in [0.1, 0.15) is 0 Å². The lowest BCUT2D eigenvalue weighted by molar-refractivity contribution is -0.136. The van der Waals surface area contributed by atoms with Gasteiger partial charge in [0.05, 0.1) is 11.3 Å². The third-order valence-corrected chi connectivity index (χ3v) is 2.06. The van der Waals surface area contributed by atoms with Crippen LogP contribution in [0, 0.1) is 0 Å². The minimum Gasteiger partial charge on any atom is -0.307 e. The highest BCUT2D eigenvalue weighted by Crippen LogP contribution is 2.36. The highest BCUT2D eigenvalue weighted by Gasteiger charge is 2.34. The lowest BCUT2D eigenvalue weighted by atomic mass is 10.1. The van der Waals surface area contributed by atoms with Gasteiger partial charge in [0.2, 0.25) is 5.91 Å². The van der Waals surface area contributed by atoms with E-state index in [1.807, 2.05) is 5.32 Å². The van der Waals surface area contributed by atoms with Crippen molar-refractivity contribution in [1.82, 2.24) is 5.32 Å². The molecule has 98 valence electrons. The Bertz CT molecular complexity index is 489. The first-order valence-corrected chi connectivity index (χ1v) is 5.03. The zero-order valence-electron chi connectivity index (χ0n) is 9.06. The molecule has 0 saturated heterocycles. The molecule has 0 fully saturated rings. The van der Waals surface area contributed by atoms with Crippen LogP contribution in [0.3, 0.4) is 0 Å². The van der Waals surface area contributed by atoms with E-state index in [1.54, 1.807) is 5.32 Å². The number of benzene rings is 1. The van der Waals surface area contributed by atoms with E-state index in [2.05, 4.69) is 0 Å². The molecule has 2 N–H and O–H groups in total. The fourth-order valence-electron chi connectivity index (χ4n) is 1.18. The molecule has 1 aromatic carbocycles. The molecule has 0 aliphatic carbocycles. The molecule has 0 aliphatic rings. The maximum Gasteiger partial charge on any atom is 0.418 e. The molecule has 8 heteroatoms. The molecule has 0 spiro atoms. The van der Waals surface area contributed by atoms with E-state index in [-0.39, 0.29) is 5.02 Å². The summed E-state index contributed by atoms with van der Waals surface area (Å²) in [7, 11) is 0. The number of hydrogen-bond acceptors (Lipinski definition) is 2. The van der Waals surface area contributed by atoms with E-state index in [0.717, 1.165) is 25.1 Å². The Morgan fingerprint density at radius 1 is 1.28 bits per heavy atom. The van der Waals surface area contributed by atoms with Gasteiger partial charge in [-0.2, -0.15) is 13.2 Å². The number of rotatable bonds is 1. The van der Waals surface area contributed by atoms with Crippen molar-refractivity contribution in [2.24, 2.45) is 0 Å². The molecule has 0 saturated carbocycles. The molecule has 18 heavy (non-hydrogen) atoms. The van der Waals surface area contributed by atoms with Crippen molar-refractivity contribution in [3.63, 3.8) is 0 Å². The van der Waals surface area contributed by atoms with Crippen molar-refractivity contribution >= 4 is 29.2 Å². The number of alkyl halides is 3. The van der Waals surface area contributed by atoms with E-state index in [4.69, 9.17) is 11.6 Å². The number of imide groups is 1. The van der Waals surface area contributed by atoms with Crippen LogP contribution in [-0.4, -0.2) is 11.9 Å². The number of halogens is 4. The first-order valence-electron chi connectivity index (χ1n) is 4.65. The zero-order valence-corrected chi connectivity index (χ0v) is 9.82. The van der Waals surface area contributed by atoms with Crippen LogP contribution in [-0.2, 0) is 11.0 Å². The summed E-state index contributed by atoms with van der Waals surface area (Å²) in [5.74, 6) is -0.692. The quantitative estimate of drug-likeness (QED) is 0.831. The van der Waals surface area contributed by atoms with Crippen LogP contribution in [0.25, 0.3) is 0 Å². The normalized spacial score (nSPS) is 10.9. The summed E-state index contributed by atoms with van der Waals surface area (Å²) in [4.78, 5) is 21.7. The average molecular weight is 281 g/mol. The van der Waals surface area contributed by atoms with Gasteiger partial charge in [0.25, 0.3) is 0 Å². The molecule has 0 atom stereocenters. The predicted octanol–water partition coefficient (Wildman–Crippen LogP) is 3.03. The van der Waals surface area contributed by atoms with Crippen molar-refractivity contribution in [2.45, 2.75) is 13.1 Å². The minimum absolute atomic E-state index is 0.0288. The van der Waals surface area contributed by atoms with Crippen LogP contribution >= 0.6 is 11.6 Å². The fourth-order valence-corrected chi connectivity index (χ4v) is 1.35. The summed E-state index contributed by atoms with van der Waals surface area (Å²) in [6, 6.07) is 1.68. The maximum atomic E-state index is 12.6. The molecule has 3 amide bonds. The molecular weight excluding hydrogens is 273 g/mol. The maximum absolute atomic E-state index is 12.6. The van der Waals surface area contributed by atoms with Crippen LogP contribution in [0.4, 0.5) is 23.7 Å². The number of amides is 3. The van der Waals surface area contributed by atoms with Crippen LogP contribution < -0.4 is 10.6 Å². The number of anilines is 1. The molecule has 0 bridgehead atoms. The van der Waals surface area contributed by atoms with Gasteiger partial charge in [0, 0.05) is 11.9 Å². The van der Waals surface area contributed by atoms with E-state index >= 15 is 0 Å². The van der Waals surface area contributed by atoms with Gasteiger partial charge in [-0.3, -0.25) is 10.1 Å². The summed E-state index contributed by atoms with van der Waals surface area (Å²) in [5, 5.41) is 3.73. The van der Waals surface area contributed by atoms with Crippen LogP contribution in [0.2, 0.25) is 5.02 Å². The third kappa shape index (κ3) is 3.92. The largest absolute Gasteiger partial charge is 0.418 e. The van der Waals surface area contributed by atoms with Crippen LogP contribution in [0.1, 0.15) is 12.5 Å². The molecule has 1 rings (SSSR count). The Kier molecular flexibility index (Phi) is 4.18. The molecule has 0 unspecified atom stereocenters. The van der Waals surface area contributed by atoms with Crippen molar-refractivity contribution in [1.29, 1.82) is 0 Å². The topological polar surface area (TPSA) is 58.2 Å². The smallest absolute Gasteiger partial charge is 0.307 e. The van der Waals surface area contributed by atoms with E-state index in [0.29, 0.717) is 0 Å². The predicted molar refractivity (Wildman–Crippen MR) is 59.3 cm³/mol. The number of urea groups is 1. The van der Waals surface area contributed by atoms with E-state index < -0.39 is 29.4 Å². The molecule has 0 aliphatic heterocycles. The van der Waals surface area contributed by atoms with Crippen molar-refractivity contribution in [3.8, 4) is 0 Å². The number of carbonyl (C=O) groups excluding carboxylic acids is 2. The highest BCUT2D eigenvalue weighted by molar-refractivity contribution is 6.31. The van der Waals surface area contributed by atoms with Gasteiger partial charge < -0.3 is 5.32 Å². The Morgan fingerprint density at radius 3 is 2.39 bits per heavy atom. The lowest BCUT2D eigenvalue weighted by Crippen LogP contribution is -2.33. The Morgan fingerprint density at radius 2 is 1.89 bits per heavy atom. The highest BCUT2D eigenvalue weighted by atomic mass is 35.5. The van der Waals surface area contributed by atoms with Crippen molar-refractivity contribution < 1.29 is 22.8 Å². The van der Waals surface area contributed by atoms with Gasteiger partial charge in [0.15, 0.2) is 0 Å². The van der Waals surface area contributed by atoms with E-state index in [1.165, 1.54) is 0 Å². The zero-order chi connectivity index (χ0) is 13.9. The summed E-state index contributed by atoms with van der Waals surface area (Å²) in [5.41, 5.74) is -1.57. The minimum atomic E-state index is -4.64. The van der Waals surface area contributed by atoms with Crippen molar-refractivity contribution in [2.75, 3.05) is 5.32 Å². The average Bonchev–Trinajstić information content (AvgIpc) is 2.13. The number of carbonyl (C=O) groups is 2. The second-order valence-corrected chi connectivity index (χ2v) is 3.76. The SMILES string of the molecule is CC(=O)NC(=O)Nc1cc(Cl)ccc1C(F)(F)F. The van der Waals surface area contributed by atoms with Gasteiger partial charge in [-0.05, 0) is 18.2 Å². The standard InChI is InChI=1S/C10H8ClF3N2O2/c1-5(17)15-9(18)16-8-4-6(11)2-3-7(8)10(12,13)14/h2-4H,1H3,(H2,15,16,17,18). The van der Waals surface area contributed by atoms with E-state index in [9.17, 15) is 22.8 Å². The van der Waals surface area contributed by atoms with Gasteiger partial charge in [-0.25, -0.2) is 4.79 Å². The summed E-state index contributed by atoms with van der Waals surface area (Å²) in [6.07, 6.45) is -4.64. The second-order valence-electron chi connectivity index (χ2n) is 3.32. The number of nitrogens with one attached hydrogen (secondary N) is 2. The Balaban J connectivity index is 3.03. The Labute approximate surface area is 105 Å². The summed E-state index contributed by atoms with van der Waals surface area (Å²) in [6.45, 7) is 1.06. The van der Waals surface area contributed by atoms with Gasteiger partial charge in [-0.1, -0.05) is 11.6 Å². The fraction of sp³-hybridized carbons (Fsp3) is 0.200. The van der Waals surface area contributed by atoms with Crippen molar-refractivity contribution in [3.05, 3.63) is 28.8 Å². The van der Waals surface area contributed by atoms with Gasteiger partial charge >= 0.3 is 12.2 Å². The second kappa shape index (κ2) is 5.26. The lowest BCUT2D eigenvalue weighted by Gasteiger charge is -2.13. The van der Waals surface area contributed by atoms with Crippen LogP contribution in [0.5, 0.6) is 0 Å². The first-order chi connectivity index (χ1) is 8.20. The summed E-state index contributed by atoms with van der Waals surface area (Å²) < 4.78 is 37.8. The molecule has 0 radical (unpaired) electrons. The number of hydrogen-bond donors (Lipinski definition) is 2. The third-order valence-electron chi connectivity index (χ3n) is 1.82. The molecule has 0 heterocycles. The molecule has 4 nitrogen and oxygen atoms in total. The van der Waals surface area contributed by atoms with Gasteiger partial charge in [-0.15, -0.1) is 0 Å². The first kappa shape index (κ1) is 14.3. The molecule has 0 aromatic heterocycles. The monoisotopic (exact) mass is 280 g/mol. The Hall–Kier alpha value is -1.76. The summed E-state index contributed by atoms with van der Waals surface area (Å²) >= 11 is 5.55.